The first-order valence-corrected chi connectivity index (χ1v) is 19.9. The lowest BCUT2D eigenvalue weighted by Crippen LogP contribution is -2.60. The SMILES string of the molecule is CCC[C@H](NC(=O)[C@@H]1[C@@H](C2CCCCC2)CCN1C(=O)[C@@H](NC(=O)[C@@H](CC(=O)c1ncc[nH]1)C1CCCCC1)C(C)(C)C)C(=O)C(=O)CC1CC1. The van der Waals surface area contributed by atoms with Crippen molar-refractivity contribution in [2.45, 2.75) is 155 Å². The third kappa shape index (κ3) is 9.95. The Labute approximate surface area is 303 Å². The van der Waals surface area contributed by atoms with Crippen molar-refractivity contribution in [3.05, 3.63) is 18.2 Å². The highest BCUT2D eigenvalue weighted by atomic mass is 16.2. The molecule has 5 rings (SSSR count). The average molecular weight is 708 g/mol. The first kappa shape index (κ1) is 38.9. The van der Waals surface area contributed by atoms with E-state index < -0.39 is 41.0 Å². The summed E-state index contributed by atoms with van der Waals surface area (Å²) in [6.07, 6.45) is 16.9. The van der Waals surface area contributed by atoms with Gasteiger partial charge in [-0.15, -0.1) is 0 Å². The lowest BCUT2D eigenvalue weighted by Gasteiger charge is -2.39. The normalized spacial score (nSPS) is 23.6. The van der Waals surface area contributed by atoms with Gasteiger partial charge in [0.15, 0.2) is 11.6 Å². The monoisotopic (exact) mass is 707 g/mol. The van der Waals surface area contributed by atoms with Crippen LogP contribution in [-0.4, -0.2) is 74.6 Å². The van der Waals surface area contributed by atoms with E-state index in [-0.39, 0.29) is 65.8 Å². The molecule has 0 radical (unpaired) electrons. The molecule has 0 aromatic carbocycles. The first-order valence-electron chi connectivity index (χ1n) is 19.9. The number of H-pyrrole nitrogens is 1. The van der Waals surface area contributed by atoms with Gasteiger partial charge < -0.3 is 20.5 Å². The van der Waals surface area contributed by atoms with Gasteiger partial charge in [-0.2, -0.15) is 0 Å². The Morgan fingerprint density at radius 3 is 2.16 bits per heavy atom. The Hall–Kier alpha value is -3.37. The van der Waals surface area contributed by atoms with E-state index in [4.69, 9.17) is 0 Å². The summed E-state index contributed by atoms with van der Waals surface area (Å²) in [5.74, 6) is -2.13. The number of aromatic nitrogens is 2. The second kappa shape index (κ2) is 17.4. The fourth-order valence-electron chi connectivity index (χ4n) is 8.94. The minimum atomic E-state index is -0.941. The van der Waals surface area contributed by atoms with Crippen LogP contribution >= 0.6 is 0 Å². The molecule has 1 aromatic heterocycles. The van der Waals surface area contributed by atoms with Crippen molar-refractivity contribution in [1.82, 2.24) is 25.5 Å². The molecule has 3 aliphatic carbocycles. The molecule has 5 atom stereocenters. The van der Waals surface area contributed by atoms with E-state index in [2.05, 4.69) is 20.6 Å². The van der Waals surface area contributed by atoms with Crippen LogP contribution in [0.25, 0.3) is 0 Å². The number of likely N-dealkylation sites (tertiary alicyclic amines) is 1. The van der Waals surface area contributed by atoms with Crippen molar-refractivity contribution in [3.63, 3.8) is 0 Å². The number of nitrogens with zero attached hydrogens (tertiary/aromatic N) is 2. The van der Waals surface area contributed by atoms with Crippen LogP contribution in [0.1, 0.15) is 147 Å². The highest BCUT2D eigenvalue weighted by molar-refractivity contribution is 6.39. The summed E-state index contributed by atoms with van der Waals surface area (Å²) in [7, 11) is 0. The molecule has 1 saturated heterocycles. The molecule has 11 nitrogen and oxygen atoms in total. The number of nitrogens with one attached hydrogen (secondary N) is 3. The molecular weight excluding hydrogens is 646 g/mol. The van der Waals surface area contributed by atoms with E-state index in [1.807, 2.05) is 27.7 Å². The predicted octanol–water partition coefficient (Wildman–Crippen LogP) is 5.73. The summed E-state index contributed by atoms with van der Waals surface area (Å²) < 4.78 is 0. The minimum absolute atomic E-state index is 0.000121. The van der Waals surface area contributed by atoms with Gasteiger partial charge in [0.05, 0.1) is 6.04 Å². The van der Waals surface area contributed by atoms with Crippen LogP contribution in [-0.2, 0) is 24.0 Å². The number of Topliss-reactive ketones (excluding diaryl/α,β-unsaturated/α-hetero) is 3. The van der Waals surface area contributed by atoms with E-state index in [1.54, 1.807) is 11.1 Å². The summed E-state index contributed by atoms with van der Waals surface area (Å²) in [6.45, 7) is 8.02. The molecule has 3 amide bonds. The van der Waals surface area contributed by atoms with E-state index in [1.165, 1.54) is 6.20 Å². The number of amides is 3. The third-order valence-corrected chi connectivity index (χ3v) is 12.0. The molecule has 11 heteroatoms. The second-order valence-corrected chi connectivity index (χ2v) is 17.0. The van der Waals surface area contributed by atoms with Gasteiger partial charge in [0.25, 0.3) is 0 Å². The highest BCUT2D eigenvalue weighted by Crippen LogP contribution is 2.40. The van der Waals surface area contributed by atoms with Crippen molar-refractivity contribution in [2.24, 2.45) is 35.0 Å². The van der Waals surface area contributed by atoms with Crippen molar-refractivity contribution >= 4 is 35.1 Å². The van der Waals surface area contributed by atoms with Gasteiger partial charge in [0.1, 0.15) is 12.1 Å². The quantitative estimate of drug-likeness (QED) is 0.146. The lowest BCUT2D eigenvalue weighted by atomic mass is 9.76. The molecule has 0 spiro atoms. The Bertz CT molecular complexity index is 1390. The topological polar surface area (TPSA) is 158 Å². The molecular formula is C40H61N5O6. The number of imidazole rings is 1. The Morgan fingerprint density at radius 2 is 1.57 bits per heavy atom. The zero-order valence-corrected chi connectivity index (χ0v) is 31.3. The molecule has 3 N–H and O–H groups in total. The van der Waals surface area contributed by atoms with Crippen LogP contribution in [0.4, 0.5) is 0 Å². The van der Waals surface area contributed by atoms with Crippen LogP contribution in [0, 0.1) is 35.0 Å². The fraction of sp³-hybridized carbons (Fsp3) is 0.775. The highest BCUT2D eigenvalue weighted by Gasteiger charge is 2.49. The number of rotatable bonds is 16. The number of ketones is 3. The molecule has 282 valence electrons. The molecule has 4 fully saturated rings. The van der Waals surface area contributed by atoms with Crippen LogP contribution < -0.4 is 10.6 Å². The van der Waals surface area contributed by atoms with Gasteiger partial charge in [-0.05, 0) is 67.6 Å². The minimum Gasteiger partial charge on any atom is -0.344 e. The third-order valence-electron chi connectivity index (χ3n) is 12.0. The van der Waals surface area contributed by atoms with Gasteiger partial charge in [-0.25, -0.2) is 4.98 Å². The molecule has 0 unspecified atom stereocenters. The van der Waals surface area contributed by atoms with Crippen molar-refractivity contribution in [3.8, 4) is 0 Å². The fourth-order valence-corrected chi connectivity index (χ4v) is 8.94. The van der Waals surface area contributed by atoms with Gasteiger partial charge in [-0.3, -0.25) is 28.8 Å². The second-order valence-electron chi connectivity index (χ2n) is 17.0. The van der Waals surface area contributed by atoms with Gasteiger partial charge >= 0.3 is 0 Å². The summed E-state index contributed by atoms with van der Waals surface area (Å²) in [5.41, 5.74) is -0.700. The number of aromatic amines is 1. The van der Waals surface area contributed by atoms with Crippen molar-refractivity contribution in [2.75, 3.05) is 6.54 Å². The zero-order chi connectivity index (χ0) is 36.7. The molecule has 1 aliphatic heterocycles. The summed E-state index contributed by atoms with van der Waals surface area (Å²) >= 11 is 0. The zero-order valence-electron chi connectivity index (χ0n) is 31.3. The maximum atomic E-state index is 14.8. The average Bonchev–Trinajstić information content (AvgIpc) is 3.55. The summed E-state index contributed by atoms with van der Waals surface area (Å²) in [5, 5.41) is 6.08. The molecule has 2 heterocycles. The summed E-state index contributed by atoms with van der Waals surface area (Å²) in [6, 6.07) is -2.66. The Balaban J connectivity index is 1.38. The number of carbonyl (C=O) groups excluding carboxylic acids is 6. The smallest absolute Gasteiger partial charge is 0.246 e. The molecule has 0 bridgehead atoms. The summed E-state index contributed by atoms with van der Waals surface area (Å²) in [4.78, 5) is 91.5. The van der Waals surface area contributed by atoms with Crippen LogP contribution in [0.3, 0.4) is 0 Å². The Kier molecular flexibility index (Phi) is 13.3. The molecule has 4 aliphatic rings. The van der Waals surface area contributed by atoms with E-state index in [9.17, 15) is 28.8 Å². The van der Waals surface area contributed by atoms with Gasteiger partial charge in [-0.1, -0.05) is 85.5 Å². The maximum absolute atomic E-state index is 14.8. The number of hydrogen-bond donors (Lipinski definition) is 3. The number of hydrogen-bond acceptors (Lipinski definition) is 7. The van der Waals surface area contributed by atoms with Crippen LogP contribution in [0.2, 0.25) is 0 Å². The van der Waals surface area contributed by atoms with Crippen molar-refractivity contribution in [1.29, 1.82) is 0 Å². The van der Waals surface area contributed by atoms with E-state index in [0.29, 0.717) is 25.8 Å². The molecule has 1 aromatic rings. The molecule has 51 heavy (non-hydrogen) atoms. The maximum Gasteiger partial charge on any atom is 0.246 e. The van der Waals surface area contributed by atoms with Crippen LogP contribution in [0.15, 0.2) is 12.4 Å². The predicted molar refractivity (Wildman–Crippen MR) is 193 cm³/mol. The largest absolute Gasteiger partial charge is 0.344 e. The lowest BCUT2D eigenvalue weighted by molar-refractivity contribution is -0.146. The van der Waals surface area contributed by atoms with E-state index in [0.717, 1.165) is 77.0 Å². The Morgan fingerprint density at radius 1 is 0.902 bits per heavy atom. The van der Waals surface area contributed by atoms with Crippen molar-refractivity contribution < 1.29 is 28.8 Å². The molecule has 3 saturated carbocycles. The standard InChI is InChI=1S/C40H61N5O6/c1-5-12-30(34(48)31(46)23-25-17-18-25)43-38(50)33-28(26-13-8-6-9-14-26)19-22-45(33)39(51)35(40(2,3)4)44-37(49)29(27-15-10-7-11-16-27)24-32(47)36-41-20-21-42-36/h20-21,25-30,33,35H,5-19,22-24H2,1-4H3,(H,41,42)(H,43,50)(H,44,49)/t28-,29+,30+,33+,35-/m1/s1. The first-order chi connectivity index (χ1) is 24.4. The van der Waals surface area contributed by atoms with E-state index >= 15 is 0 Å². The number of carbonyl (C=O) groups is 6. The van der Waals surface area contributed by atoms with Crippen LogP contribution in [0.5, 0.6) is 0 Å². The van der Waals surface area contributed by atoms with Gasteiger partial charge in [0, 0.05) is 37.7 Å². The van der Waals surface area contributed by atoms with Gasteiger partial charge in [0.2, 0.25) is 29.3 Å².